The number of carbonyl (C=O) groups excluding carboxylic acids is 2. The van der Waals surface area contributed by atoms with Gasteiger partial charge in [-0.25, -0.2) is 4.39 Å². The zero-order chi connectivity index (χ0) is 11.4. The first-order valence-corrected chi connectivity index (χ1v) is 4.19. The van der Waals surface area contributed by atoms with Gasteiger partial charge in [-0.2, -0.15) is 0 Å². The second kappa shape index (κ2) is 4.54. The van der Waals surface area contributed by atoms with E-state index in [1.807, 2.05) is 0 Å². The molecule has 0 heterocycles. The number of benzene rings is 1. The smallest absolute Gasteiger partial charge is 0.221 e. The third-order valence-electron chi connectivity index (χ3n) is 1.78. The first-order valence-electron chi connectivity index (χ1n) is 4.19. The van der Waals surface area contributed by atoms with Crippen LogP contribution in [0.1, 0.15) is 17.3 Å². The molecule has 80 valence electrons. The second-order valence-corrected chi connectivity index (χ2v) is 2.84. The van der Waals surface area contributed by atoms with Gasteiger partial charge < -0.3 is 10.1 Å². The molecule has 0 atom stereocenters. The van der Waals surface area contributed by atoms with Gasteiger partial charge in [0.2, 0.25) is 5.91 Å². The molecule has 1 aromatic carbocycles. The van der Waals surface area contributed by atoms with Crippen molar-refractivity contribution in [2.45, 2.75) is 6.92 Å². The number of ether oxygens (including phenoxy) is 1. The lowest BCUT2D eigenvalue weighted by Crippen LogP contribution is -2.09. The molecule has 0 aliphatic rings. The Bertz CT molecular complexity index is 404. The van der Waals surface area contributed by atoms with Crippen LogP contribution in [-0.4, -0.2) is 19.3 Å². The summed E-state index contributed by atoms with van der Waals surface area (Å²) in [7, 11) is 1.25. The van der Waals surface area contributed by atoms with Crippen molar-refractivity contribution in [3.8, 4) is 5.75 Å². The highest BCUT2D eigenvalue weighted by Gasteiger charge is 2.14. The van der Waals surface area contributed by atoms with Crippen LogP contribution in [0.2, 0.25) is 0 Å². The summed E-state index contributed by atoms with van der Waals surface area (Å²) in [6.45, 7) is 1.30. The van der Waals surface area contributed by atoms with E-state index in [-0.39, 0.29) is 22.9 Å². The molecule has 0 aromatic heterocycles. The molecule has 15 heavy (non-hydrogen) atoms. The zero-order valence-corrected chi connectivity index (χ0v) is 8.33. The van der Waals surface area contributed by atoms with E-state index in [9.17, 15) is 14.0 Å². The van der Waals surface area contributed by atoms with Crippen molar-refractivity contribution in [3.05, 3.63) is 23.5 Å². The average Bonchev–Trinajstić information content (AvgIpc) is 2.19. The van der Waals surface area contributed by atoms with E-state index in [4.69, 9.17) is 4.74 Å². The SMILES string of the molecule is COc1c(F)ccc(NC(C)=O)c1C=O. The summed E-state index contributed by atoms with van der Waals surface area (Å²) in [6, 6.07) is 2.43. The van der Waals surface area contributed by atoms with Gasteiger partial charge in [0.05, 0.1) is 18.4 Å². The maximum Gasteiger partial charge on any atom is 0.221 e. The predicted molar refractivity (Wildman–Crippen MR) is 52.6 cm³/mol. The first-order chi connectivity index (χ1) is 7.10. The fourth-order valence-electron chi connectivity index (χ4n) is 1.20. The van der Waals surface area contributed by atoms with Crippen molar-refractivity contribution >= 4 is 17.9 Å². The van der Waals surface area contributed by atoms with Crippen molar-refractivity contribution in [2.75, 3.05) is 12.4 Å². The number of halogens is 1. The Hall–Kier alpha value is -1.91. The molecule has 0 aliphatic heterocycles. The number of anilines is 1. The summed E-state index contributed by atoms with van der Waals surface area (Å²) >= 11 is 0. The summed E-state index contributed by atoms with van der Waals surface area (Å²) < 4.78 is 17.9. The Kier molecular flexibility index (Phi) is 3.38. The van der Waals surface area contributed by atoms with Gasteiger partial charge in [0.25, 0.3) is 0 Å². The maximum atomic E-state index is 13.2. The molecule has 4 nitrogen and oxygen atoms in total. The van der Waals surface area contributed by atoms with Crippen LogP contribution in [-0.2, 0) is 4.79 Å². The van der Waals surface area contributed by atoms with E-state index >= 15 is 0 Å². The van der Waals surface area contributed by atoms with Gasteiger partial charge in [0.15, 0.2) is 17.9 Å². The van der Waals surface area contributed by atoms with Gasteiger partial charge in [-0.15, -0.1) is 0 Å². The number of hydrogen-bond acceptors (Lipinski definition) is 3. The van der Waals surface area contributed by atoms with Gasteiger partial charge >= 0.3 is 0 Å². The van der Waals surface area contributed by atoms with Crippen molar-refractivity contribution in [1.29, 1.82) is 0 Å². The number of carbonyl (C=O) groups is 2. The van der Waals surface area contributed by atoms with Gasteiger partial charge in [-0.1, -0.05) is 0 Å². The van der Waals surface area contributed by atoms with Crippen LogP contribution in [0.4, 0.5) is 10.1 Å². The van der Waals surface area contributed by atoms with Crippen LogP contribution in [0.3, 0.4) is 0 Å². The summed E-state index contributed by atoms with van der Waals surface area (Å²) in [5.74, 6) is -1.16. The largest absolute Gasteiger partial charge is 0.493 e. The third kappa shape index (κ3) is 2.31. The Labute approximate surface area is 86.0 Å². The number of methoxy groups -OCH3 is 1. The number of amides is 1. The van der Waals surface area contributed by atoms with E-state index in [2.05, 4.69) is 5.32 Å². The minimum Gasteiger partial charge on any atom is -0.493 e. The molecule has 1 amide bonds. The number of nitrogens with one attached hydrogen (secondary N) is 1. The number of aldehydes is 1. The van der Waals surface area contributed by atoms with E-state index < -0.39 is 5.82 Å². The lowest BCUT2D eigenvalue weighted by Gasteiger charge is -2.10. The fraction of sp³-hybridized carbons (Fsp3) is 0.200. The second-order valence-electron chi connectivity index (χ2n) is 2.84. The minimum atomic E-state index is -0.645. The molecular formula is C10H10FNO3. The molecule has 0 radical (unpaired) electrons. The van der Waals surface area contributed by atoms with E-state index in [0.717, 1.165) is 6.07 Å². The Morgan fingerprint density at radius 2 is 2.20 bits per heavy atom. The monoisotopic (exact) mass is 211 g/mol. The van der Waals surface area contributed by atoms with Crippen molar-refractivity contribution in [3.63, 3.8) is 0 Å². The highest BCUT2D eigenvalue weighted by molar-refractivity contribution is 5.97. The standard InChI is InChI=1S/C10H10FNO3/c1-6(14)12-9-4-3-8(11)10(15-2)7(9)5-13/h3-5H,1-2H3,(H,12,14). The fourth-order valence-corrected chi connectivity index (χ4v) is 1.20. The molecule has 0 saturated heterocycles. The van der Waals surface area contributed by atoms with Crippen molar-refractivity contribution in [2.24, 2.45) is 0 Å². The molecule has 1 N–H and O–H groups in total. The molecule has 0 spiro atoms. The number of rotatable bonds is 3. The zero-order valence-electron chi connectivity index (χ0n) is 8.33. The summed E-state index contributed by atoms with van der Waals surface area (Å²) in [4.78, 5) is 21.5. The van der Waals surface area contributed by atoms with Gasteiger partial charge in [-0.3, -0.25) is 9.59 Å². The van der Waals surface area contributed by atoms with E-state index in [1.165, 1.54) is 20.1 Å². The Balaban J connectivity index is 3.28. The van der Waals surface area contributed by atoms with Crippen molar-refractivity contribution < 1.29 is 18.7 Å². The highest BCUT2D eigenvalue weighted by Crippen LogP contribution is 2.27. The molecule has 5 heteroatoms. The topological polar surface area (TPSA) is 55.4 Å². The molecule has 0 aliphatic carbocycles. The third-order valence-corrected chi connectivity index (χ3v) is 1.78. The van der Waals surface area contributed by atoms with Crippen LogP contribution in [0, 0.1) is 5.82 Å². The lowest BCUT2D eigenvalue weighted by molar-refractivity contribution is -0.114. The molecular weight excluding hydrogens is 201 g/mol. The summed E-state index contributed by atoms with van der Waals surface area (Å²) in [5.41, 5.74) is 0.225. The first kappa shape index (κ1) is 11.2. The van der Waals surface area contributed by atoms with Gasteiger partial charge in [-0.05, 0) is 12.1 Å². The predicted octanol–water partition coefficient (Wildman–Crippen LogP) is 1.61. The maximum absolute atomic E-state index is 13.2. The Morgan fingerprint density at radius 3 is 2.67 bits per heavy atom. The van der Waals surface area contributed by atoms with Crippen LogP contribution in [0.5, 0.6) is 5.75 Å². The van der Waals surface area contributed by atoms with E-state index in [1.54, 1.807) is 0 Å². The van der Waals surface area contributed by atoms with Crippen molar-refractivity contribution in [1.82, 2.24) is 0 Å². The molecule has 1 aromatic rings. The average molecular weight is 211 g/mol. The molecule has 0 saturated carbocycles. The van der Waals surface area contributed by atoms with Crippen LogP contribution < -0.4 is 10.1 Å². The number of hydrogen-bond donors (Lipinski definition) is 1. The van der Waals surface area contributed by atoms with Gasteiger partial charge in [0.1, 0.15) is 0 Å². The summed E-state index contributed by atoms with van der Waals surface area (Å²) in [6.07, 6.45) is 0.438. The normalized spacial score (nSPS) is 9.53. The molecule has 0 unspecified atom stereocenters. The van der Waals surface area contributed by atoms with Gasteiger partial charge in [0, 0.05) is 6.92 Å². The summed E-state index contributed by atoms with van der Waals surface area (Å²) in [5, 5.41) is 2.41. The van der Waals surface area contributed by atoms with Crippen LogP contribution >= 0.6 is 0 Å². The Morgan fingerprint density at radius 1 is 1.53 bits per heavy atom. The minimum absolute atomic E-state index is 0.00676. The lowest BCUT2D eigenvalue weighted by atomic mass is 10.1. The molecule has 0 fully saturated rings. The molecule has 0 bridgehead atoms. The molecule has 1 rings (SSSR count). The van der Waals surface area contributed by atoms with Crippen LogP contribution in [0.15, 0.2) is 12.1 Å². The quantitative estimate of drug-likeness (QED) is 0.772. The van der Waals surface area contributed by atoms with E-state index in [0.29, 0.717) is 6.29 Å². The van der Waals surface area contributed by atoms with Crippen LogP contribution in [0.25, 0.3) is 0 Å². The highest BCUT2D eigenvalue weighted by atomic mass is 19.1.